The minimum Gasteiger partial charge on any atom is -0.448 e. The lowest BCUT2D eigenvalue weighted by Gasteiger charge is -2.18. The average molecular weight is 423 g/mol. The Morgan fingerprint density at radius 1 is 1.10 bits per heavy atom. The van der Waals surface area contributed by atoms with Gasteiger partial charge < -0.3 is 10.1 Å². The van der Waals surface area contributed by atoms with E-state index in [2.05, 4.69) is 24.1 Å². The summed E-state index contributed by atoms with van der Waals surface area (Å²) in [5.74, 6) is -0.662. The van der Waals surface area contributed by atoms with E-state index in [0.717, 1.165) is 33.8 Å². The number of rotatable bonds is 7. The monoisotopic (exact) mass is 422 g/mol. The van der Waals surface area contributed by atoms with Crippen LogP contribution in [0.15, 0.2) is 53.9 Å². The summed E-state index contributed by atoms with van der Waals surface area (Å²) in [5.41, 5.74) is 4.11. The molecule has 6 heteroatoms. The maximum absolute atomic E-state index is 12.6. The Kier molecular flexibility index (Phi) is 7.00. The Balaban J connectivity index is 1.65. The van der Waals surface area contributed by atoms with Crippen molar-refractivity contribution in [3.8, 4) is 10.6 Å². The van der Waals surface area contributed by atoms with Crippen LogP contribution in [-0.4, -0.2) is 23.0 Å². The molecule has 5 nitrogen and oxygen atoms in total. The van der Waals surface area contributed by atoms with Crippen LogP contribution in [0.1, 0.15) is 54.7 Å². The summed E-state index contributed by atoms with van der Waals surface area (Å²) >= 11 is 1.37. The molecule has 0 radical (unpaired) electrons. The minimum absolute atomic E-state index is 0.204. The van der Waals surface area contributed by atoms with E-state index in [1.807, 2.05) is 55.5 Å². The molecule has 0 bridgehead atoms. The van der Waals surface area contributed by atoms with Crippen molar-refractivity contribution in [2.24, 2.45) is 0 Å². The van der Waals surface area contributed by atoms with Crippen LogP contribution in [0.2, 0.25) is 0 Å². The third-order valence-electron chi connectivity index (χ3n) is 5.03. The number of amides is 1. The lowest BCUT2D eigenvalue weighted by atomic mass is 9.97. The van der Waals surface area contributed by atoms with Gasteiger partial charge >= 0.3 is 5.97 Å². The van der Waals surface area contributed by atoms with E-state index in [1.165, 1.54) is 11.3 Å². The minimum atomic E-state index is -0.938. The highest BCUT2D eigenvalue weighted by molar-refractivity contribution is 7.13. The molecule has 1 N–H and O–H groups in total. The molecule has 0 aliphatic heterocycles. The van der Waals surface area contributed by atoms with Gasteiger partial charge in [0.25, 0.3) is 5.91 Å². The Bertz CT molecular complexity index is 1030. The Hall–Kier alpha value is -2.99. The first-order valence-corrected chi connectivity index (χ1v) is 10.9. The van der Waals surface area contributed by atoms with Crippen molar-refractivity contribution < 1.29 is 14.3 Å². The molecule has 1 amide bonds. The molecule has 30 heavy (non-hydrogen) atoms. The van der Waals surface area contributed by atoms with Crippen LogP contribution in [0.25, 0.3) is 10.6 Å². The number of thiazole rings is 1. The normalized spacial score (nSPS) is 12.8. The molecule has 0 spiro atoms. The summed E-state index contributed by atoms with van der Waals surface area (Å²) in [6.45, 7) is 7.79. The third-order valence-corrected chi connectivity index (χ3v) is 5.92. The van der Waals surface area contributed by atoms with Crippen LogP contribution in [-0.2, 0) is 9.53 Å². The maximum atomic E-state index is 12.6. The summed E-state index contributed by atoms with van der Waals surface area (Å²) < 4.78 is 5.36. The van der Waals surface area contributed by atoms with Gasteiger partial charge in [0.2, 0.25) is 0 Å². The van der Waals surface area contributed by atoms with Crippen LogP contribution < -0.4 is 5.32 Å². The highest BCUT2D eigenvalue weighted by atomic mass is 32.1. The number of benzene rings is 2. The molecule has 1 aromatic heterocycles. The van der Waals surface area contributed by atoms with Gasteiger partial charge in [0, 0.05) is 16.6 Å². The van der Waals surface area contributed by atoms with Gasteiger partial charge in [-0.05, 0) is 37.8 Å². The van der Waals surface area contributed by atoms with Gasteiger partial charge in [-0.2, -0.15) is 0 Å². The smallest absolute Gasteiger partial charge is 0.358 e. The fraction of sp³-hybridized carbons (Fsp3) is 0.292. The van der Waals surface area contributed by atoms with Gasteiger partial charge in [-0.1, -0.05) is 61.9 Å². The quantitative estimate of drug-likeness (QED) is 0.488. The molecule has 3 aromatic rings. The third kappa shape index (κ3) is 5.13. The predicted octanol–water partition coefficient (Wildman–Crippen LogP) is 5.82. The van der Waals surface area contributed by atoms with E-state index >= 15 is 0 Å². The molecule has 156 valence electrons. The average Bonchev–Trinajstić information content (AvgIpc) is 3.24. The van der Waals surface area contributed by atoms with E-state index in [4.69, 9.17) is 4.74 Å². The number of anilines is 1. The summed E-state index contributed by atoms with van der Waals surface area (Å²) in [6, 6.07) is 15.6. The number of aromatic nitrogens is 1. The number of nitrogens with one attached hydrogen (secondary N) is 1. The van der Waals surface area contributed by atoms with Gasteiger partial charge in [-0.3, -0.25) is 4.79 Å². The first-order chi connectivity index (χ1) is 14.4. The summed E-state index contributed by atoms with van der Waals surface area (Å²) in [5, 5.41) is 5.28. The SMILES string of the molecule is CC[C@H](C)c1ccccc1NC(=O)[C@H](C)OC(=O)c1csc(-c2ccc(C)cc2)n1. The number of hydrogen-bond acceptors (Lipinski definition) is 5. The van der Waals surface area contributed by atoms with Crippen molar-refractivity contribution >= 4 is 28.9 Å². The van der Waals surface area contributed by atoms with Crippen molar-refractivity contribution in [1.82, 2.24) is 4.98 Å². The van der Waals surface area contributed by atoms with Crippen LogP contribution in [0.3, 0.4) is 0 Å². The molecule has 0 aliphatic rings. The van der Waals surface area contributed by atoms with Crippen molar-refractivity contribution in [1.29, 1.82) is 0 Å². The first kappa shape index (κ1) is 21.7. The summed E-state index contributed by atoms with van der Waals surface area (Å²) in [4.78, 5) is 29.4. The molecule has 2 aromatic carbocycles. The van der Waals surface area contributed by atoms with E-state index in [1.54, 1.807) is 12.3 Å². The van der Waals surface area contributed by atoms with Crippen LogP contribution in [0.5, 0.6) is 0 Å². The number of nitrogens with zero attached hydrogens (tertiary/aromatic N) is 1. The van der Waals surface area contributed by atoms with Gasteiger partial charge in [-0.25, -0.2) is 9.78 Å². The van der Waals surface area contributed by atoms with Crippen molar-refractivity contribution in [2.75, 3.05) is 5.32 Å². The van der Waals surface area contributed by atoms with Crippen LogP contribution >= 0.6 is 11.3 Å². The maximum Gasteiger partial charge on any atom is 0.358 e. The Labute approximate surface area is 181 Å². The summed E-state index contributed by atoms with van der Waals surface area (Å²) in [7, 11) is 0. The number of ether oxygens (including phenoxy) is 1. The van der Waals surface area contributed by atoms with E-state index < -0.39 is 12.1 Å². The molecule has 0 unspecified atom stereocenters. The van der Waals surface area contributed by atoms with Crippen LogP contribution in [0.4, 0.5) is 5.69 Å². The number of para-hydroxylation sites is 1. The second-order valence-electron chi connectivity index (χ2n) is 7.34. The zero-order valence-electron chi connectivity index (χ0n) is 17.6. The zero-order chi connectivity index (χ0) is 21.7. The highest BCUT2D eigenvalue weighted by Gasteiger charge is 2.22. The lowest BCUT2D eigenvalue weighted by Crippen LogP contribution is -2.30. The molecule has 0 fully saturated rings. The summed E-state index contributed by atoms with van der Waals surface area (Å²) in [6.07, 6.45) is 0.0249. The van der Waals surface area contributed by atoms with Gasteiger partial charge in [0.1, 0.15) is 5.01 Å². The lowest BCUT2D eigenvalue weighted by molar-refractivity contribution is -0.123. The van der Waals surface area contributed by atoms with E-state index in [0.29, 0.717) is 5.92 Å². The molecule has 3 rings (SSSR count). The molecule has 0 saturated carbocycles. The topological polar surface area (TPSA) is 68.3 Å². The number of aryl methyl sites for hydroxylation is 1. The van der Waals surface area contributed by atoms with Crippen LogP contribution in [0, 0.1) is 6.92 Å². The van der Waals surface area contributed by atoms with Gasteiger partial charge in [-0.15, -0.1) is 11.3 Å². The molecule has 1 heterocycles. The predicted molar refractivity (Wildman–Crippen MR) is 121 cm³/mol. The molecular weight excluding hydrogens is 396 g/mol. The van der Waals surface area contributed by atoms with E-state index in [9.17, 15) is 9.59 Å². The second kappa shape index (κ2) is 9.67. The Morgan fingerprint density at radius 2 is 1.80 bits per heavy atom. The zero-order valence-corrected chi connectivity index (χ0v) is 18.5. The number of hydrogen-bond donors (Lipinski definition) is 1. The standard InChI is InChI=1S/C24H26N2O3S/c1-5-16(3)19-8-6-7-9-20(19)25-22(27)17(4)29-24(28)21-14-30-23(26-21)18-12-10-15(2)11-13-18/h6-14,16-17H,5H2,1-4H3,(H,25,27)/t16-,17-/m0/s1. The number of carbonyl (C=O) groups excluding carboxylic acids is 2. The highest BCUT2D eigenvalue weighted by Crippen LogP contribution is 2.27. The fourth-order valence-electron chi connectivity index (χ4n) is 2.97. The first-order valence-electron chi connectivity index (χ1n) is 10.0. The number of carbonyl (C=O) groups is 2. The molecule has 2 atom stereocenters. The molecular formula is C24H26N2O3S. The van der Waals surface area contributed by atoms with Crippen molar-refractivity contribution in [3.63, 3.8) is 0 Å². The number of esters is 1. The fourth-order valence-corrected chi connectivity index (χ4v) is 3.76. The largest absolute Gasteiger partial charge is 0.448 e. The van der Waals surface area contributed by atoms with E-state index in [-0.39, 0.29) is 11.6 Å². The molecule has 0 saturated heterocycles. The molecule has 0 aliphatic carbocycles. The van der Waals surface area contributed by atoms with Gasteiger partial charge in [0.05, 0.1) is 0 Å². The van der Waals surface area contributed by atoms with Crippen molar-refractivity contribution in [3.05, 3.63) is 70.7 Å². The Morgan fingerprint density at radius 3 is 2.50 bits per heavy atom. The van der Waals surface area contributed by atoms with Crippen molar-refractivity contribution in [2.45, 2.75) is 46.1 Å². The van der Waals surface area contributed by atoms with Gasteiger partial charge in [0.15, 0.2) is 11.8 Å². The second-order valence-corrected chi connectivity index (χ2v) is 8.20.